The van der Waals surface area contributed by atoms with E-state index in [1.54, 1.807) is 25.3 Å². The third-order valence-corrected chi connectivity index (χ3v) is 3.85. The monoisotopic (exact) mass is 366 g/mol. The summed E-state index contributed by atoms with van der Waals surface area (Å²) >= 11 is 0. The molecular weight excluding hydrogens is 348 g/mol. The summed E-state index contributed by atoms with van der Waals surface area (Å²) in [5.74, 6) is -0.531. The summed E-state index contributed by atoms with van der Waals surface area (Å²) in [6.07, 6.45) is 2.09. The number of carbonyl (C=O) groups is 1. The number of ether oxygens (including phenoxy) is 1. The van der Waals surface area contributed by atoms with Gasteiger partial charge in [-0.3, -0.25) is 14.6 Å². The van der Waals surface area contributed by atoms with Gasteiger partial charge in [-0.1, -0.05) is 18.2 Å². The number of benzene rings is 1. The van der Waals surface area contributed by atoms with Crippen molar-refractivity contribution in [2.45, 2.75) is 6.42 Å². The van der Waals surface area contributed by atoms with Crippen molar-refractivity contribution >= 4 is 5.91 Å². The SMILES string of the molecule is COc1cccc(CCNC(=O)c2nc(-c3ccccn3)[nH]c(=O)c2O)c1. The summed E-state index contributed by atoms with van der Waals surface area (Å²) in [5, 5.41) is 12.6. The largest absolute Gasteiger partial charge is 0.501 e. The Morgan fingerprint density at radius 1 is 1.26 bits per heavy atom. The van der Waals surface area contributed by atoms with Crippen LogP contribution in [-0.2, 0) is 6.42 Å². The van der Waals surface area contributed by atoms with Crippen molar-refractivity contribution in [1.29, 1.82) is 0 Å². The van der Waals surface area contributed by atoms with Crippen LogP contribution >= 0.6 is 0 Å². The van der Waals surface area contributed by atoms with Crippen LogP contribution in [-0.4, -0.2) is 39.6 Å². The van der Waals surface area contributed by atoms with Crippen LogP contribution in [0.4, 0.5) is 0 Å². The van der Waals surface area contributed by atoms with Crippen LogP contribution in [0.25, 0.3) is 11.5 Å². The fourth-order valence-electron chi connectivity index (χ4n) is 2.48. The first-order chi connectivity index (χ1) is 13.1. The average Bonchev–Trinajstić information content (AvgIpc) is 2.70. The summed E-state index contributed by atoms with van der Waals surface area (Å²) in [6, 6.07) is 12.6. The van der Waals surface area contributed by atoms with Crippen molar-refractivity contribution in [3.63, 3.8) is 0 Å². The van der Waals surface area contributed by atoms with E-state index in [0.717, 1.165) is 11.3 Å². The lowest BCUT2D eigenvalue weighted by molar-refractivity contribution is 0.0946. The molecule has 3 N–H and O–H groups in total. The molecule has 27 heavy (non-hydrogen) atoms. The zero-order valence-electron chi connectivity index (χ0n) is 14.6. The predicted octanol–water partition coefficient (Wildman–Crippen LogP) is 1.52. The molecule has 0 unspecified atom stereocenters. The van der Waals surface area contributed by atoms with E-state index in [1.165, 1.54) is 6.20 Å². The molecule has 8 heteroatoms. The highest BCUT2D eigenvalue weighted by molar-refractivity contribution is 5.95. The fraction of sp³-hybridized carbons (Fsp3) is 0.158. The Bertz CT molecular complexity index is 1000. The van der Waals surface area contributed by atoms with Crippen molar-refractivity contribution in [2.75, 3.05) is 13.7 Å². The van der Waals surface area contributed by atoms with E-state index in [-0.39, 0.29) is 11.5 Å². The lowest BCUT2D eigenvalue weighted by Gasteiger charge is -2.08. The first kappa shape index (κ1) is 18.1. The van der Waals surface area contributed by atoms with E-state index in [9.17, 15) is 14.7 Å². The Morgan fingerprint density at radius 3 is 2.85 bits per heavy atom. The zero-order valence-corrected chi connectivity index (χ0v) is 14.6. The average molecular weight is 366 g/mol. The minimum Gasteiger partial charge on any atom is -0.501 e. The van der Waals surface area contributed by atoms with Crippen molar-refractivity contribution in [3.8, 4) is 23.0 Å². The van der Waals surface area contributed by atoms with Crippen LogP contribution in [0.5, 0.6) is 11.5 Å². The number of aromatic amines is 1. The highest BCUT2D eigenvalue weighted by Gasteiger charge is 2.18. The minimum atomic E-state index is -0.802. The van der Waals surface area contributed by atoms with Gasteiger partial charge in [0, 0.05) is 12.7 Å². The topological polar surface area (TPSA) is 117 Å². The van der Waals surface area contributed by atoms with Gasteiger partial charge >= 0.3 is 0 Å². The summed E-state index contributed by atoms with van der Waals surface area (Å²) in [4.78, 5) is 34.9. The Morgan fingerprint density at radius 2 is 2.11 bits per heavy atom. The Hall–Kier alpha value is -3.68. The number of H-pyrrole nitrogens is 1. The molecule has 0 radical (unpaired) electrons. The standard InChI is InChI=1S/C19H18N4O4/c1-27-13-6-4-5-12(11-13)8-10-21-18(25)15-16(24)19(26)23-17(22-15)14-7-2-3-9-20-14/h2-7,9,11,24H,8,10H2,1H3,(H,21,25)(H,22,23,26). The molecule has 8 nitrogen and oxygen atoms in total. The number of rotatable bonds is 6. The van der Waals surface area contributed by atoms with Crippen LogP contribution in [0.15, 0.2) is 53.5 Å². The molecule has 1 amide bonds. The van der Waals surface area contributed by atoms with Crippen LogP contribution in [0.2, 0.25) is 0 Å². The second kappa shape index (κ2) is 8.13. The van der Waals surface area contributed by atoms with Gasteiger partial charge in [0.2, 0.25) is 5.75 Å². The number of nitrogens with zero attached hydrogens (tertiary/aromatic N) is 2. The summed E-state index contributed by atoms with van der Waals surface area (Å²) < 4.78 is 5.16. The summed E-state index contributed by atoms with van der Waals surface area (Å²) in [6.45, 7) is 0.304. The molecule has 0 aliphatic rings. The van der Waals surface area contributed by atoms with Gasteiger partial charge in [0.25, 0.3) is 11.5 Å². The number of amides is 1. The molecule has 2 aromatic heterocycles. The van der Waals surface area contributed by atoms with Crippen LogP contribution in [0.1, 0.15) is 16.1 Å². The molecule has 0 saturated heterocycles. The first-order valence-corrected chi connectivity index (χ1v) is 8.24. The molecular formula is C19H18N4O4. The molecule has 3 rings (SSSR count). The van der Waals surface area contributed by atoms with Gasteiger partial charge < -0.3 is 20.1 Å². The number of aromatic hydroxyl groups is 1. The van der Waals surface area contributed by atoms with Crippen molar-refractivity contribution in [1.82, 2.24) is 20.3 Å². The summed E-state index contributed by atoms with van der Waals surface area (Å²) in [7, 11) is 1.58. The van der Waals surface area contributed by atoms with E-state index in [2.05, 4.69) is 20.3 Å². The number of nitrogens with one attached hydrogen (secondary N) is 2. The van der Waals surface area contributed by atoms with E-state index < -0.39 is 17.2 Å². The minimum absolute atomic E-state index is 0.108. The Balaban J connectivity index is 1.74. The van der Waals surface area contributed by atoms with Crippen LogP contribution in [0, 0.1) is 0 Å². The molecule has 0 fully saturated rings. The first-order valence-electron chi connectivity index (χ1n) is 8.24. The van der Waals surface area contributed by atoms with E-state index in [4.69, 9.17) is 4.74 Å². The maximum Gasteiger partial charge on any atom is 0.294 e. The van der Waals surface area contributed by atoms with Gasteiger partial charge in [-0.05, 0) is 36.2 Å². The molecule has 1 aromatic carbocycles. The second-order valence-electron chi connectivity index (χ2n) is 5.68. The van der Waals surface area contributed by atoms with Crippen molar-refractivity contribution in [3.05, 3.63) is 70.3 Å². The molecule has 0 saturated carbocycles. The molecule has 0 aliphatic carbocycles. The van der Waals surface area contributed by atoms with Gasteiger partial charge in [0.1, 0.15) is 11.4 Å². The Labute approximate surface area is 154 Å². The van der Waals surface area contributed by atoms with Gasteiger partial charge in [-0.15, -0.1) is 0 Å². The maximum atomic E-state index is 12.4. The van der Waals surface area contributed by atoms with Crippen LogP contribution < -0.4 is 15.6 Å². The highest BCUT2D eigenvalue weighted by Crippen LogP contribution is 2.15. The Kier molecular flexibility index (Phi) is 5.46. The molecule has 0 bridgehead atoms. The molecule has 2 heterocycles. The van der Waals surface area contributed by atoms with Gasteiger partial charge in [0.15, 0.2) is 11.5 Å². The lowest BCUT2D eigenvalue weighted by Crippen LogP contribution is -2.28. The predicted molar refractivity (Wildman–Crippen MR) is 98.8 cm³/mol. The van der Waals surface area contributed by atoms with Crippen molar-refractivity contribution in [2.24, 2.45) is 0 Å². The molecule has 0 atom stereocenters. The number of methoxy groups -OCH3 is 1. The third-order valence-electron chi connectivity index (χ3n) is 3.85. The summed E-state index contributed by atoms with van der Waals surface area (Å²) in [5.41, 5.74) is 0.223. The van der Waals surface area contributed by atoms with E-state index >= 15 is 0 Å². The van der Waals surface area contributed by atoms with E-state index in [1.807, 2.05) is 24.3 Å². The van der Waals surface area contributed by atoms with E-state index in [0.29, 0.717) is 18.7 Å². The highest BCUT2D eigenvalue weighted by atomic mass is 16.5. The molecule has 3 aromatic rings. The maximum absolute atomic E-state index is 12.4. The molecule has 138 valence electrons. The number of hydrogen-bond donors (Lipinski definition) is 3. The normalized spacial score (nSPS) is 10.4. The quantitative estimate of drug-likeness (QED) is 0.609. The lowest BCUT2D eigenvalue weighted by atomic mass is 10.1. The molecule has 0 spiro atoms. The number of hydrogen-bond acceptors (Lipinski definition) is 6. The fourth-order valence-corrected chi connectivity index (χ4v) is 2.48. The molecule has 0 aliphatic heterocycles. The van der Waals surface area contributed by atoms with Crippen molar-refractivity contribution < 1.29 is 14.6 Å². The third kappa shape index (κ3) is 4.30. The van der Waals surface area contributed by atoms with Gasteiger partial charge in [-0.2, -0.15) is 0 Å². The van der Waals surface area contributed by atoms with Crippen LogP contribution in [0.3, 0.4) is 0 Å². The number of carbonyl (C=O) groups excluding carboxylic acids is 1. The van der Waals surface area contributed by atoms with Gasteiger partial charge in [0.05, 0.1) is 7.11 Å². The zero-order chi connectivity index (χ0) is 19.2. The smallest absolute Gasteiger partial charge is 0.294 e. The van der Waals surface area contributed by atoms with Gasteiger partial charge in [-0.25, -0.2) is 4.98 Å². The second-order valence-corrected chi connectivity index (χ2v) is 5.68. The number of pyridine rings is 1. The number of aromatic nitrogens is 3.